The number of carbonyl (C=O) groups is 2. The van der Waals surface area contributed by atoms with E-state index in [4.69, 9.17) is 0 Å². The van der Waals surface area contributed by atoms with Crippen molar-refractivity contribution < 1.29 is 71.2 Å². The van der Waals surface area contributed by atoms with E-state index in [1.165, 1.54) is 0 Å². The number of aliphatic hydroxyl groups is 1. The van der Waals surface area contributed by atoms with Crippen LogP contribution in [0.3, 0.4) is 0 Å². The standard InChI is InChI=1S/C20H23NO4.K/c22-14-17(13-19(23)24)20(25)21-18(16-9-5-2-6-10-16)12-11-15-7-3-1-4-8-15;/h1-10,17-18,22H,11-14H2,(H,21,25)(H,23,24);/q;+1/p-1. The van der Waals surface area contributed by atoms with Crippen LogP contribution in [0.5, 0.6) is 0 Å². The number of nitrogens with one attached hydrogen (secondary N) is 1. The van der Waals surface area contributed by atoms with Gasteiger partial charge in [0, 0.05) is 12.4 Å². The number of carbonyl (C=O) groups excluding carboxylic acids is 2. The van der Waals surface area contributed by atoms with Crippen LogP contribution in [-0.4, -0.2) is 23.6 Å². The van der Waals surface area contributed by atoms with Crippen LogP contribution in [0.4, 0.5) is 0 Å². The molecule has 2 rings (SSSR count). The fourth-order valence-electron chi connectivity index (χ4n) is 2.69. The van der Waals surface area contributed by atoms with Gasteiger partial charge in [0.15, 0.2) is 0 Å². The smallest absolute Gasteiger partial charge is 0.550 e. The van der Waals surface area contributed by atoms with Crippen molar-refractivity contribution in [2.24, 2.45) is 5.92 Å². The molecule has 5 nitrogen and oxygen atoms in total. The fourth-order valence-corrected chi connectivity index (χ4v) is 2.69. The number of hydrogen-bond acceptors (Lipinski definition) is 4. The van der Waals surface area contributed by atoms with E-state index in [1.807, 2.05) is 60.7 Å². The first-order valence-corrected chi connectivity index (χ1v) is 8.30. The Balaban J connectivity index is 0.00000338. The Bertz CT molecular complexity index is 679. The van der Waals surface area contributed by atoms with Crippen molar-refractivity contribution in [3.05, 3.63) is 71.8 Å². The molecule has 26 heavy (non-hydrogen) atoms. The molecule has 0 radical (unpaired) electrons. The maximum atomic E-state index is 12.3. The molecule has 0 aromatic heterocycles. The van der Waals surface area contributed by atoms with Crippen molar-refractivity contribution in [3.8, 4) is 0 Å². The van der Waals surface area contributed by atoms with E-state index in [-0.39, 0.29) is 57.4 Å². The molecule has 0 aliphatic carbocycles. The third-order valence-electron chi connectivity index (χ3n) is 4.09. The second-order valence-electron chi connectivity index (χ2n) is 5.95. The summed E-state index contributed by atoms with van der Waals surface area (Å²) in [5.74, 6) is -2.84. The SMILES string of the molecule is O=C([O-])CC(CO)C(=O)NC(CCc1ccccc1)c1ccccc1.[K+]. The topological polar surface area (TPSA) is 89.5 Å². The predicted octanol–water partition coefficient (Wildman–Crippen LogP) is -1.77. The first-order valence-electron chi connectivity index (χ1n) is 8.30. The Hall–Kier alpha value is -1.02. The largest absolute Gasteiger partial charge is 1.00 e. The van der Waals surface area contributed by atoms with Crippen LogP contribution < -0.4 is 61.8 Å². The molecule has 0 spiro atoms. The first kappa shape index (κ1) is 23.0. The number of aliphatic hydroxyl groups excluding tert-OH is 1. The fraction of sp³-hybridized carbons (Fsp3) is 0.300. The number of benzene rings is 2. The molecule has 2 atom stereocenters. The molecule has 132 valence electrons. The van der Waals surface area contributed by atoms with Crippen molar-refractivity contribution in [2.45, 2.75) is 25.3 Å². The number of aliphatic carboxylic acids is 1. The van der Waals surface area contributed by atoms with E-state index in [2.05, 4.69) is 5.32 Å². The van der Waals surface area contributed by atoms with Gasteiger partial charge in [0.1, 0.15) is 0 Å². The average molecular weight is 379 g/mol. The Kier molecular flexibility index (Phi) is 11.0. The van der Waals surface area contributed by atoms with Crippen LogP contribution in [0.2, 0.25) is 0 Å². The van der Waals surface area contributed by atoms with Crippen LogP contribution in [0.15, 0.2) is 60.7 Å². The molecule has 0 aliphatic heterocycles. The summed E-state index contributed by atoms with van der Waals surface area (Å²) in [6.07, 6.45) is 0.941. The summed E-state index contributed by atoms with van der Waals surface area (Å²) in [7, 11) is 0. The maximum absolute atomic E-state index is 12.3. The maximum Gasteiger partial charge on any atom is 1.00 e. The molecule has 2 unspecified atom stereocenters. The molecule has 0 fully saturated rings. The zero-order valence-corrected chi connectivity index (χ0v) is 18.1. The zero-order chi connectivity index (χ0) is 18.1. The van der Waals surface area contributed by atoms with Crippen molar-refractivity contribution in [1.82, 2.24) is 5.32 Å². The van der Waals surface area contributed by atoms with Crippen LogP contribution in [0.1, 0.15) is 30.0 Å². The van der Waals surface area contributed by atoms with Crippen LogP contribution in [-0.2, 0) is 16.0 Å². The Morgan fingerprint density at radius 1 is 1.00 bits per heavy atom. The number of rotatable bonds is 9. The minimum atomic E-state index is -1.35. The number of aryl methyl sites for hydroxylation is 1. The van der Waals surface area contributed by atoms with E-state index >= 15 is 0 Å². The molecule has 0 bridgehead atoms. The number of carboxylic acid groups (broad SMARTS) is 1. The van der Waals surface area contributed by atoms with Crippen LogP contribution >= 0.6 is 0 Å². The second kappa shape index (κ2) is 12.4. The molecule has 0 heterocycles. The summed E-state index contributed by atoms with van der Waals surface area (Å²) in [6, 6.07) is 19.2. The molecular weight excluding hydrogens is 357 g/mol. The van der Waals surface area contributed by atoms with Gasteiger partial charge in [-0.05, 0) is 24.0 Å². The molecule has 0 saturated heterocycles. The van der Waals surface area contributed by atoms with E-state index in [9.17, 15) is 19.8 Å². The van der Waals surface area contributed by atoms with Gasteiger partial charge in [-0.25, -0.2) is 0 Å². The van der Waals surface area contributed by atoms with Gasteiger partial charge in [0.25, 0.3) is 0 Å². The number of amides is 1. The van der Waals surface area contributed by atoms with Gasteiger partial charge in [-0.15, -0.1) is 0 Å². The summed E-state index contributed by atoms with van der Waals surface area (Å²) in [5, 5.41) is 22.9. The van der Waals surface area contributed by atoms with Crippen molar-refractivity contribution in [3.63, 3.8) is 0 Å². The first-order chi connectivity index (χ1) is 12.1. The van der Waals surface area contributed by atoms with Gasteiger partial charge in [0.05, 0.1) is 18.6 Å². The third-order valence-corrected chi connectivity index (χ3v) is 4.09. The van der Waals surface area contributed by atoms with E-state index in [0.29, 0.717) is 6.42 Å². The zero-order valence-electron chi connectivity index (χ0n) is 14.9. The van der Waals surface area contributed by atoms with E-state index in [1.54, 1.807) is 0 Å². The van der Waals surface area contributed by atoms with Crippen LogP contribution in [0.25, 0.3) is 0 Å². The molecule has 0 saturated carbocycles. The van der Waals surface area contributed by atoms with Crippen molar-refractivity contribution in [2.75, 3.05) is 6.61 Å². The summed E-state index contributed by atoms with van der Waals surface area (Å²) < 4.78 is 0. The minimum Gasteiger partial charge on any atom is -0.550 e. The van der Waals surface area contributed by atoms with E-state index in [0.717, 1.165) is 17.5 Å². The number of hydrogen-bond donors (Lipinski definition) is 2. The van der Waals surface area contributed by atoms with Gasteiger partial charge in [-0.1, -0.05) is 60.7 Å². The van der Waals surface area contributed by atoms with Gasteiger partial charge in [-0.3, -0.25) is 4.79 Å². The van der Waals surface area contributed by atoms with Gasteiger partial charge < -0.3 is 20.3 Å². The second-order valence-corrected chi connectivity index (χ2v) is 5.95. The molecule has 6 heteroatoms. The minimum absolute atomic E-state index is 0. The number of carboxylic acids is 1. The van der Waals surface area contributed by atoms with Gasteiger partial charge >= 0.3 is 51.4 Å². The molecule has 0 aliphatic rings. The van der Waals surface area contributed by atoms with Crippen LogP contribution in [0, 0.1) is 5.92 Å². The monoisotopic (exact) mass is 379 g/mol. The van der Waals surface area contributed by atoms with Crippen molar-refractivity contribution in [1.29, 1.82) is 0 Å². The van der Waals surface area contributed by atoms with E-state index < -0.39 is 30.8 Å². The summed E-state index contributed by atoms with van der Waals surface area (Å²) >= 11 is 0. The molecule has 2 N–H and O–H groups in total. The molecule has 1 amide bonds. The Labute approximate surface area is 196 Å². The summed E-state index contributed by atoms with van der Waals surface area (Å²) in [6.45, 7) is -0.528. The molecular formula is C20H22KNO4. The Morgan fingerprint density at radius 2 is 1.58 bits per heavy atom. The quantitative estimate of drug-likeness (QED) is 0.505. The van der Waals surface area contributed by atoms with Crippen molar-refractivity contribution >= 4 is 11.9 Å². The van der Waals surface area contributed by atoms with Gasteiger partial charge in [-0.2, -0.15) is 0 Å². The average Bonchev–Trinajstić information content (AvgIpc) is 2.64. The molecule has 2 aromatic carbocycles. The third kappa shape index (κ3) is 7.69. The summed E-state index contributed by atoms with van der Waals surface area (Å²) in [4.78, 5) is 23.1. The summed E-state index contributed by atoms with van der Waals surface area (Å²) in [5.41, 5.74) is 2.10. The molecule has 2 aromatic rings. The normalized spacial score (nSPS) is 12.5. The van der Waals surface area contributed by atoms with Gasteiger partial charge in [0.2, 0.25) is 5.91 Å². The predicted molar refractivity (Wildman–Crippen MR) is 92.3 cm³/mol. The Morgan fingerprint density at radius 3 is 2.12 bits per heavy atom.